The average molecular weight is 364 g/mol. The van der Waals surface area contributed by atoms with E-state index in [1.807, 2.05) is 42.5 Å². The Labute approximate surface area is 158 Å². The fourth-order valence-electron chi connectivity index (χ4n) is 3.83. The Balaban J connectivity index is 1.97. The molecule has 0 aliphatic carbocycles. The summed E-state index contributed by atoms with van der Waals surface area (Å²) in [5.41, 5.74) is 2.83. The molecular formula is C22H24N2O3. The molecule has 0 unspecified atom stereocenters. The molecule has 27 heavy (non-hydrogen) atoms. The van der Waals surface area contributed by atoms with Crippen molar-refractivity contribution in [2.45, 2.75) is 19.3 Å². The number of hydrogen-bond donors (Lipinski definition) is 1. The molecule has 1 aliphatic heterocycles. The highest BCUT2D eigenvalue weighted by atomic mass is 16.5. The second kappa shape index (κ2) is 7.35. The summed E-state index contributed by atoms with van der Waals surface area (Å²) < 4.78 is 10.6. The van der Waals surface area contributed by atoms with Gasteiger partial charge in [-0.25, -0.2) is 0 Å². The Hall–Kier alpha value is -2.95. The van der Waals surface area contributed by atoms with Crippen molar-refractivity contribution < 1.29 is 9.47 Å². The van der Waals surface area contributed by atoms with Crippen LogP contribution in [0.2, 0.25) is 0 Å². The van der Waals surface area contributed by atoms with Crippen molar-refractivity contribution >= 4 is 16.5 Å². The maximum Gasteiger partial charge on any atom is 0.256 e. The third kappa shape index (κ3) is 3.25. The molecule has 1 N–H and O–H groups in total. The van der Waals surface area contributed by atoms with E-state index < -0.39 is 0 Å². The molecule has 2 aromatic carbocycles. The largest absolute Gasteiger partial charge is 0.497 e. The summed E-state index contributed by atoms with van der Waals surface area (Å²) in [5, 5.41) is 1.62. The Morgan fingerprint density at radius 2 is 1.52 bits per heavy atom. The lowest BCUT2D eigenvalue weighted by Gasteiger charge is -2.31. The van der Waals surface area contributed by atoms with Crippen LogP contribution in [0.4, 0.5) is 5.69 Å². The van der Waals surface area contributed by atoms with Gasteiger partial charge in [-0.15, -0.1) is 0 Å². The van der Waals surface area contributed by atoms with Crippen molar-refractivity contribution in [3.05, 3.63) is 52.8 Å². The number of piperidine rings is 1. The van der Waals surface area contributed by atoms with E-state index in [9.17, 15) is 4.79 Å². The predicted octanol–water partition coefficient (Wildman–Crippen LogP) is 4.20. The van der Waals surface area contributed by atoms with E-state index in [1.165, 1.54) is 19.3 Å². The maximum absolute atomic E-state index is 12.8. The quantitative estimate of drug-likeness (QED) is 0.754. The first-order valence-electron chi connectivity index (χ1n) is 9.34. The summed E-state index contributed by atoms with van der Waals surface area (Å²) in [6, 6.07) is 13.6. The molecule has 5 heteroatoms. The number of methoxy groups -OCH3 is 2. The molecular weight excluding hydrogens is 340 g/mol. The Bertz CT molecular complexity index is 1000. The number of nitrogens with one attached hydrogen (secondary N) is 1. The van der Waals surface area contributed by atoms with Crippen molar-refractivity contribution in [1.29, 1.82) is 0 Å². The van der Waals surface area contributed by atoms with Gasteiger partial charge in [0.2, 0.25) is 0 Å². The van der Waals surface area contributed by atoms with Crippen LogP contribution in [0.25, 0.3) is 22.0 Å². The molecule has 1 fully saturated rings. The Morgan fingerprint density at radius 1 is 0.852 bits per heavy atom. The zero-order chi connectivity index (χ0) is 18.8. The third-order valence-electron chi connectivity index (χ3n) is 5.25. The second-order valence-corrected chi connectivity index (χ2v) is 6.87. The minimum absolute atomic E-state index is 0.101. The van der Waals surface area contributed by atoms with Gasteiger partial charge in [-0.2, -0.15) is 0 Å². The molecule has 3 aromatic rings. The number of ether oxygens (including phenoxy) is 2. The van der Waals surface area contributed by atoms with E-state index in [1.54, 1.807) is 14.2 Å². The first-order chi connectivity index (χ1) is 13.2. The highest BCUT2D eigenvalue weighted by Crippen LogP contribution is 2.37. The van der Waals surface area contributed by atoms with Crippen LogP contribution in [0, 0.1) is 0 Å². The highest BCUT2D eigenvalue weighted by Gasteiger charge is 2.21. The zero-order valence-corrected chi connectivity index (χ0v) is 15.7. The van der Waals surface area contributed by atoms with Gasteiger partial charge in [-0.1, -0.05) is 0 Å². The van der Waals surface area contributed by atoms with E-state index >= 15 is 0 Å². The number of nitrogens with zero attached hydrogens (tertiary/aromatic N) is 1. The van der Waals surface area contributed by atoms with Crippen LogP contribution in [0.15, 0.2) is 47.3 Å². The van der Waals surface area contributed by atoms with Crippen LogP contribution in [0.3, 0.4) is 0 Å². The van der Waals surface area contributed by atoms with Crippen molar-refractivity contribution in [1.82, 2.24) is 4.98 Å². The van der Waals surface area contributed by atoms with Crippen molar-refractivity contribution in [2.24, 2.45) is 0 Å². The highest BCUT2D eigenvalue weighted by molar-refractivity contribution is 6.00. The van der Waals surface area contributed by atoms with Crippen LogP contribution in [-0.2, 0) is 0 Å². The van der Waals surface area contributed by atoms with Gasteiger partial charge in [0, 0.05) is 24.0 Å². The van der Waals surface area contributed by atoms with E-state index in [0.29, 0.717) is 11.1 Å². The first kappa shape index (κ1) is 17.5. The van der Waals surface area contributed by atoms with Gasteiger partial charge in [-0.3, -0.25) is 4.79 Å². The molecule has 1 saturated heterocycles. The molecule has 0 radical (unpaired) electrons. The summed E-state index contributed by atoms with van der Waals surface area (Å²) in [6.45, 7) is 1.99. The molecule has 0 spiro atoms. The number of anilines is 1. The third-order valence-corrected chi connectivity index (χ3v) is 5.25. The van der Waals surface area contributed by atoms with Crippen LogP contribution < -0.4 is 19.9 Å². The van der Waals surface area contributed by atoms with Crippen LogP contribution in [0.1, 0.15) is 19.3 Å². The smallest absolute Gasteiger partial charge is 0.256 e. The Kier molecular flexibility index (Phi) is 4.75. The van der Waals surface area contributed by atoms with Crippen LogP contribution in [-0.4, -0.2) is 32.3 Å². The number of benzene rings is 2. The van der Waals surface area contributed by atoms with Crippen LogP contribution in [0.5, 0.6) is 11.5 Å². The van der Waals surface area contributed by atoms with Gasteiger partial charge in [0.05, 0.1) is 31.0 Å². The second-order valence-electron chi connectivity index (χ2n) is 6.87. The first-order valence-corrected chi connectivity index (χ1v) is 9.34. The summed E-state index contributed by atoms with van der Waals surface area (Å²) in [6.07, 6.45) is 3.58. The molecule has 5 nitrogen and oxygen atoms in total. The normalized spacial score (nSPS) is 14.4. The number of H-pyrrole nitrogens is 1. The summed E-state index contributed by atoms with van der Waals surface area (Å²) in [4.78, 5) is 18.4. The zero-order valence-electron chi connectivity index (χ0n) is 15.7. The van der Waals surface area contributed by atoms with Gasteiger partial charge < -0.3 is 19.4 Å². The summed E-state index contributed by atoms with van der Waals surface area (Å²) in [7, 11) is 3.27. The van der Waals surface area contributed by atoms with Gasteiger partial charge >= 0.3 is 0 Å². The fraction of sp³-hybridized carbons (Fsp3) is 0.318. The molecule has 0 bridgehead atoms. The molecule has 1 aromatic heterocycles. The van der Waals surface area contributed by atoms with Gasteiger partial charge in [0.1, 0.15) is 11.5 Å². The summed E-state index contributed by atoms with van der Waals surface area (Å²) in [5.74, 6) is 1.49. The van der Waals surface area contributed by atoms with Gasteiger partial charge in [0.25, 0.3) is 5.56 Å². The lowest BCUT2D eigenvalue weighted by Crippen LogP contribution is -2.31. The number of hydrogen-bond acceptors (Lipinski definition) is 4. The monoisotopic (exact) mass is 364 g/mol. The summed E-state index contributed by atoms with van der Waals surface area (Å²) >= 11 is 0. The topological polar surface area (TPSA) is 54.6 Å². The average Bonchev–Trinajstić information content (AvgIpc) is 2.74. The fourth-order valence-corrected chi connectivity index (χ4v) is 3.83. The minimum Gasteiger partial charge on any atom is -0.497 e. The number of pyridine rings is 1. The number of aromatic amines is 1. The molecule has 1 aliphatic rings. The molecule has 0 atom stereocenters. The van der Waals surface area contributed by atoms with Crippen molar-refractivity contribution in [3.63, 3.8) is 0 Å². The standard InChI is InChI=1S/C22H24N2O3/c1-26-16-8-6-15(7-9-16)20-21(24-12-4-3-5-13-24)18-11-10-17(27-2)14-19(18)22(25)23-20/h6-11,14H,3-5,12-13H2,1-2H3,(H,23,25). The molecule has 140 valence electrons. The lowest BCUT2D eigenvalue weighted by molar-refractivity contribution is 0.415. The van der Waals surface area contributed by atoms with Crippen LogP contribution >= 0.6 is 0 Å². The minimum atomic E-state index is -0.101. The maximum atomic E-state index is 12.8. The van der Waals surface area contributed by atoms with E-state index in [0.717, 1.165) is 41.2 Å². The predicted molar refractivity (Wildman–Crippen MR) is 109 cm³/mol. The number of aromatic nitrogens is 1. The lowest BCUT2D eigenvalue weighted by atomic mass is 10.0. The SMILES string of the molecule is COc1ccc(-c2[nH]c(=O)c3cc(OC)ccc3c2N2CCCCC2)cc1. The van der Waals surface area contributed by atoms with E-state index in [2.05, 4.69) is 9.88 Å². The number of rotatable bonds is 4. The van der Waals surface area contributed by atoms with Gasteiger partial charge in [-0.05, 0) is 61.7 Å². The van der Waals surface area contributed by atoms with Crippen molar-refractivity contribution in [3.8, 4) is 22.8 Å². The molecule has 2 heterocycles. The van der Waals surface area contributed by atoms with E-state index in [-0.39, 0.29) is 5.56 Å². The number of fused-ring (bicyclic) bond motifs is 1. The molecule has 0 amide bonds. The van der Waals surface area contributed by atoms with E-state index in [4.69, 9.17) is 9.47 Å². The van der Waals surface area contributed by atoms with Gasteiger partial charge in [0.15, 0.2) is 0 Å². The molecule has 4 rings (SSSR count). The molecule has 0 saturated carbocycles. The Morgan fingerprint density at radius 3 is 2.19 bits per heavy atom. The van der Waals surface area contributed by atoms with Crippen molar-refractivity contribution in [2.75, 3.05) is 32.2 Å².